The first-order valence-corrected chi connectivity index (χ1v) is 2.61. The van der Waals surface area contributed by atoms with Gasteiger partial charge in [0.05, 0.1) is 5.56 Å². The molecule has 0 aliphatic carbocycles. The quantitative estimate of drug-likeness (QED) is 0.554. The monoisotopic (exact) mass is 131 g/mol. The van der Waals surface area contributed by atoms with Gasteiger partial charge in [-0.3, -0.25) is 9.78 Å². The van der Waals surface area contributed by atoms with E-state index >= 15 is 0 Å². The largest absolute Gasteiger partial charge is 0.283 e. The highest BCUT2D eigenvalue weighted by molar-refractivity contribution is 5.72. The predicted octanol–water partition coefficient (Wildman–Crippen LogP) is 0.411. The Morgan fingerprint density at radius 3 is 2.70 bits per heavy atom. The van der Waals surface area contributed by atoms with Gasteiger partial charge < -0.3 is 0 Å². The van der Waals surface area contributed by atoms with Gasteiger partial charge in [-0.2, -0.15) is 5.26 Å². The number of hydrogen-bond acceptors (Lipinski definition) is 3. The number of carbonyl (C=O) groups excluding carboxylic acids is 1. The molecule has 3 nitrogen and oxygen atoms in total. The van der Waals surface area contributed by atoms with Gasteiger partial charge in [-0.25, -0.2) is 0 Å². The van der Waals surface area contributed by atoms with Gasteiger partial charge in [-0.05, 0) is 12.1 Å². The van der Waals surface area contributed by atoms with Crippen molar-refractivity contribution in [1.82, 2.24) is 4.98 Å². The Morgan fingerprint density at radius 1 is 1.50 bits per heavy atom. The minimum absolute atomic E-state index is 0.221. The molecule has 3 heteroatoms. The molecule has 0 N–H and O–H groups in total. The van der Waals surface area contributed by atoms with Crippen LogP contribution in [0.15, 0.2) is 18.3 Å². The first-order chi connectivity index (χ1) is 4.86. The van der Waals surface area contributed by atoms with Crippen LogP contribution in [0.2, 0.25) is 0 Å². The van der Waals surface area contributed by atoms with Crippen molar-refractivity contribution in [2.75, 3.05) is 0 Å². The van der Waals surface area contributed by atoms with Crippen LogP contribution in [0.5, 0.6) is 0 Å². The lowest BCUT2D eigenvalue weighted by atomic mass is 10.3. The lowest BCUT2D eigenvalue weighted by molar-refractivity contribution is 0.561. The van der Waals surface area contributed by atoms with Crippen LogP contribution in [0, 0.1) is 11.3 Å². The van der Waals surface area contributed by atoms with Gasteiger partial charge in [0.1, 0.15) is 11.8 Å². The third-order valence-corrected chi connectivity index (χ3v) is 0.997. The van der Waals surface area contributed by atoms with Crippen LogP contribution in [0.25, 0.3) is 0 Å². The Bertz CT molecular complexity index is 271. The highest BCUT2D eigenvalue weighted by atomic mass is 16.1. The molecule has 0 fully saturated rings. The molecule has 1 rings (SSSR count). The van der Waals surface area contributed by atoms with Crippen molar-refractivity contribution in [1.29, 1.82) is 5.26 Å². The van der Waals surface area contributed by atoms with E-state index in [9.17, 15) is 4.79 Å². The van der Waals surface area contributed by atoms with Gasteiger partial charge in [-0.15, -0.1) is 0 Å². The van der Waals surface area contributed by atoms with Crippen LogP contribution in [-0.4, -0.2) is 11.3 Å². The molecule has 0 atom stereocenters. The second-order valence-corrected chi connectivity index (χ2v) is 1.65. The molecule has 0 aromatic carbocycles. The minimum Gasteiger partial charge on any atom is -0.283 e. The number of hydrogen-bond donors (Lipinski definition) is 0. The fourth-order valence-corrected chi connectivity index (χ4v) is 0.520. The van der Waals surface area contributed by atoms with Gasteiger partial charge in [0.2, 0.25) is 0 Å². The van der Waals surface area contributed by atoms with E-state index in [1.54, 1.807) is 6.29 Å². The summed E-state index contributed by atoms with van der Waals surface area (Å²) in [6, 6.07) is 4.86. The molecule has 0 aliphatic heterocycles. The molecule has 47 valence electrons. The zero-order chi connectivity index (χ0) is 7.40. The van der Waals surface area contributed by atoms with Gasteiger partial charge in [0.15, 0.2) is 0 Å². The Morgan fingerprint density at radius 2 is 2.30 bits per heavy atom. The van der Waals surface area contributed by atoms with Crippen LogP contribution in [0.3, 0.4) is 0 Å². The maximum absolute atomic E-state index is 9.94. The molecular weight excluding hydrogens is 128 g/mol. The highest BCUT2D eigenvalue weighted by Gasteiger charge is 1.91. The standard InChI is InChI=1S/C7H3N2O/c8-3-6-1-2-7(5-10)9-4-6/h1-2,4H. The molecule has 1 aromatic heterocycles. The maximum atomic E-state index is 9.94. The summed E-state index contributed by atoms with van der Waals surface area (Å²) >= 11 is 0. The summed E-state index contributed by atoms with van der Waals surface area (Å²) in [6.45, 7) is 0. The Hall–Kier alpha value is -1.69. The minimum atomic E-state index is 0.221. The van der Waals surface area contributed by atoms with Crippen LogP contribution in [0.4, 0.5) is 0 Å². The van der Waals surface area contributed by atoms with Crippen molar-refractivity contribution in [2.24, 2.45) is 0 Å². The van der Waals surface area contributed by atoms with Crippen molar-refractivity contribution < 1.29 is 4.79 Å². The SMILES string of the molecule is N#Cc1ccc([C]=O)nc1. The maximum Gasteiger partial charge on any atom is 0.253 e. The smallest absolute Gasteiger partial charge is 0.253 e. The second-order valence-electron chi connectivity index (χ2n) is 1.65. The first kappa shape index (κ1) is 6.43. The average Bonchev–Trinajstić information content (AvgIpc) is 2.05. The Kier molecular flexibility index (Phi) is 1.76. The van der Waals surface area contributed by atoms with Gasteiger partial charge >= 0.3 is 0 Å². The highest BCUT2D eigenvalue weighted by Crippen LogP contribution is 1.94. The average molecular weight is 131 g/mol. The molecule has 0 spiro atoms. The third-order valence-electron chi connectivity index (χ3n) is 0.997. The van der Waals surface area contributed by atoms with Crippen LogP contribution >= 0.6 is 0 Å². The molecule has 0 saturated heterocycles. The number of rotatable bonds is 1. The van der Waals surface area contributed by atoms with E-state index in [0.29, 0.717) is 5.56 Å². The van der Waals surface area contributed by atoms with E-state index in [2.05, 4.69) is 4.98 Å². The molecule has 0 aliphatic rings. The summed E-state index contributed by atoms with van der Waals surface area (Å²) in [5.74, 6) is 0. The fraction of sp³-hybridized carbons (Fsp3) is 0. The molecule has 1 radical (unpaired) electrons. The Balaban J connectivity index is 3.04. The summed E-state index contributed by atoms with van der Waals surface area (Å²) in [5, 5.41) is 8.31. The molecular formula is C7H3N2O. The number of aromatic nitrogens is 1. The molecule has 0 bridgehead atoms. The van der Waals surface area contributed by atoms with Crippen molar-refractivity contribution in [3.63, 3.8) is 0 Å². The fourth-order valence-electron chi connectivity index (χ4n) is 0.520. The molecule has 10 heavy (non-hydrogen) atoms. The van der Waals surface area contributed by atoms with Crippen LogP contribution in [-0.2, 0) is 4.79 Å². The van der Waals surface area contributed by atoms with Crippen LogP contribution in [0.1, 0.15) is 11.3 Å². The molecule has 0 saturated carbocycles. The summed E-state index contributed by atoms with van der Waals surface area (Å²) < 4.78 is 0. The van der Waals surface area contributed by atoms with Crippen molar-refractivity contribution in [3.8, 4) is 6.07 Å². The number of nitriles is 1. The summed E-state index contributed by atoms with van der Waals surface area (Å²) in [4.78, 5) is 13.6. The van der Waals surface area contributed by atoms with Gasteiger partial charge in [-0.1, -0.05) is 0 Å². The molecule has 0 unspecified atom stereocenters. The number of pyridine rings is 1. The van der Waals surface area contributed by atoms with E-state index in [1.807, 2.05) is 6.07 Å². The van der Waals surface area contributed by atoms with E-state index in [1.165, 1.54) is 18.3 Å². The summed E-state index contributed by atoms with van der Waals surface area (Å²) in [5.41, 5.74) is 0.665. The normalized spacial score (nSPS) is 8.30. The van der Waals surface area contributed by atoms with Crippen molar-refractivity contribution in [3.05, 3.63) is 29.6 Å². The van der Waals surface area contributed by atoms with Crippen LogP contribution < -0.4 is 0 Å². The van der Waals surface area contributed by atoms with Gasteiger partial charge in [0.25, 0.3) is 6.29 Å². The first-order valence-electron chi connectivity index (χ1n) is 2.61. The molecule has 0 amide bonds. The predicted molar refractivity (Wildman–Crippen MR) is 33.7 cm³/mol. The van der Waals surface area contributed by atoms with Gasteiger partial charge in [0, 0.05) is 6.20 Å². The third kappa shape index (κ3) is 1.17. The molecule has 1 heterocycles. The summed E-state index contributed by atoms with van der Waals surface area (Å²) in [6.07, 6.45) is 2.94. The molecule has 1 aromatic rings. The number of nitrogens with zero attached hydrogens (tertiary/aromatic N) is 2. The zero-order valence-corrected chi connectivity index (χ0v) is 5.03. The lowest BCUT2D eigenvalue weighted by Gasteiger charge is -1.85. The topological polar surface area (TPSA) is 53.8 Å². The second kappa shape index (κ2) is 2.74. The Labute approximate surface area is 57.9 Å². The van der Waals surface area contributed by atoms with E-state index in [4.69, 9.17) is 5.26 Å². The lowest BCUT2D eigenvalue weighted by Crippen LogP contribution is -1.85. The van der Waals surface area contributed by atoms with E-state index in [-0.39, 0.29) is 5.69 Å². The van der Waals surface area contributed by atoms with Crippen molar-refractivity contribution >= 4 is 6.29 Å². The zero-order valence-electron chi connectivity index (χ0n) is 5.03. The van der Waals surface area contributed by atoms with Crippen molar-refractivity contribution in [2.45, 2.75) is 0 Å². The summed E-state index contributed by atoms with van der Waals surface area (Å²) in [7, 11) is 0. The van der Waals surface area contributed by atoms with E-state index in [0.717, 1.165) is 0 Å². The van der Waals surface area contributed by atoms with E-state index < -0.39 is 0 Å².